The summed E-state index contributed by atoms with van der Waals surface area (Å²) in [7, 11) is 0. The van der Waals surface area contributed by atoms with Gasteiger partial charge in [-0.15, -0.1) is 0 Å². The zero-order chi connectivity index (χ0) is 14.3. The monoisotopic (exact) mass is 264 g/mol. The average Bonchev–Trinajstić information content (AvgIpc) is 2.37. The van der Waals surface area contributed by atoms with Crippen LogP contribution in [-0.4, -0.2) is 30.3 Å². The molecule has 0 heterocycles. The number of benzene rings is 1. The van der Waals surface area contributed by atoms with E-state index in [1.54, 1.807) is 0 Å². The third-order valence-electron chi connectivity index (χ3n) is 2.84. The van der Waals surface area contributed by atoms with Crippen molar-refractivity contribution in [2.45, 2.75) is 32.4 Å². The maximum absolute atomic E-state index is 9.61. The van der Waals surface area contributed by atoms with Gasteiger partial charge in [0.1, 0.15) is 0 Å². The lowest BCUT2D eigenvalue weighted by Crippen LogP contribution is -2.31. The van der Waals surface area contributed by atoms with Gasteiger partial charge in [0.2, 0.25) is 0 Å². The van der Waals surface area contributed by atoms with Gasteiger partial charge in [-0.3, -0.25) is 4.99 Å². The summed E-state index contributed by atoms with van der Waals surface area (Å²) in [5.74, 6) is 0.548. The molecule has 1 rings (SSSR count). The first-order valence-corrected chi connectivity index (χ1v) is 6.52. The van der Waals surface area contributed by atoms with E-state index in [4.69, 9.17) is 11.5 Å². The van der Waals surface area contributed by atoms with E-state index >= 15 is 0 Å². The number of nitrogens with one attached hydrogen (secondary N) is 1. The molecule has 5 heteroatoms. The molecule has 0 aliphatic carbocycles. The first kappa shape index (κ1) is 15.5. The van der Waals surface area contributed by atoms with Crippen LogP contribution in [-0.2, 0) is 6.54 Å². The van der Waals surface area contributed by atoms with Gasteiger partial charge in [-0.2, -0.15) is 0 Å². The van der Waals surface area contributed by atoms with Gasteiger partial charge in [-0.1, -0.05) is 38.1 Å². The zero-order valence-corrected chi connectivity index (χ0v) is 11.6. The molecule has 106 valence electrons. The molecule has 0 saturated carbocycles. The fourth-order valence-electron chi connectivity index (χ4n) is 1.68. The molecular formula is C14H24N4O. The molecule has 1 aromatic carbocycles. The van der Waals surface area contributed by atoms with Crippen molar-refractivity contribution in [1.82, 2.24) is 5.32 Å². The highest BCUT2D eigenvalue weighted by atomic mass is 16.3. The van der Waals surface area contributed by atoms with E-state index < -0.39 is 6.10 Å². The summed E-state index contributed by atoms with van der Waals surface area (Å²) < 4.78 is 0. The van der Waals surface area contributed by atoms with Crippen LogP contribution in [0.5, 0.6) is 0 Å². The Morgan fingerprint density at radius 3 is 2.42 bits per heavy atom. The Balaban J connectivity index is 2.31. The molecule has 0 aromatic heterocycles. The summed E-state index contributed by atoms with van der Waals surface area (Å²) in [6.45, 7) is 5.75. The fraction of sp³-hybridized carbons (Fsp3) is 0.500. The molecule has 1 unspecified atom stereocenters. The molecule has 0 amide bonds. The second-order valence-electron chi connectivity index (χ2n) is 4.95. The number of aliphatic hydroxyl groups excluding tert-OH is 1. The molecule has 1 atom stereocenters. The van der Waals surface area contributed by atoms with Gasteiger partial charge in [-0.05, 0) is 17.0 Å². The van der Waals surface area contributed by atoms with Crippen molar-refractivity contribution in [2.75, 3.05) is 13.1 Å². The summed E-state index contributed by atoms with van der Waals surface area (Å²) in [6.07, 6.45) is -0.572. The standard InChI is InChI=1S/C14H24N4O/c1-10(2)12-5-3-11(4-6-12)7-17-8-13(19)9-18-14(15)16/h3-6,10,13,17,19H,7-9H2,1-2H3,(H4,15,16,18). The lowest BCUT2D eigenvalue weighted by atomic mass is 10.0. The summed E-state index contributed by atoms with van der Waals surface area (Å²) in [5.41, 5.74) is 12.9. The van der Waals surface area contributed by atoms with E-state index in [0.717, 1.165) is 6.54 Å². The third kappa shape index (κ3) is 6.22. The zero-order valence-electron chi connectivity index (χ0n) is 11.6. The molecule has 0 radical (unpaired) electrons. The van der Waals surface area contributed by atoms with Gasteiger partial charge in [0.05, 0.1) is 12.6 Å². The molecule has 0 aliphatic heterocycles. The Kier molecular flexibility index (Phi) is 6.32. The Hall–Kier alpha value is -1.59. The first-order valence-electron chi connectivity index (χ1n) is 6.52. The van der Waals surface area contributed by atoms with Crippen LogP contribution in [0.2, 0.25) is 0 Å². The van der Waals surface area contributed by atoms with E-state index in [1.807, 2.05) is 0 Å². The van der Waals surface area contributed by atoms with E-state index in [9.17, 15) is 5.11 Å². The molecule has 1 aromatic rings. The van der Waals surface area contributed by atoms with Crippen molar-refractivity contribution in [3.05, 3.63) is 35.4 Å². The number of guanidine groups is 1. The molecule has 0 spiro atoms. The van der Waals surface area contributed by atoms with Crippen LogP contribution in [0.15, 0.2) is 29.3 Å². The maximum atomic E-state index is 9.61. The number of nitrogens with two attached hydrogens (primary N) is 2. The van der Waals surface area contributed by atoms with Crippen LogP contribution in [0, 0.1) is 0 Å². The second kappa shape index (κ2) is 7.76. The van der Waals surface area contributed by atoms with Crippen LogP contribution in [0.3, 0.4) is 0 Å². The molecule has 0 aliphatic rings. The molecule has 0 saturated heterocycles. The van der Waals surface area contributed by atoms with Crippen molar-refractivity contribution >= 4 is 5.96 Å². The Labute approximate surface area is 114 Å². The molecule has 0 fully saturated rings. The SMILES string of the molecule is CC(C)c1ccc(CNCC(O)CN=C(N)N)cc1. The van der Waals surface area contributed by atoms with Crippen molar-refractivity contribution in [1.29, 1.82) is 0 Å². The molecule has 5 nitrogen and oxygen atoms in total. The van der Waals surface area contributed by atoms with E-state index in [-0.39, 0.29) is 12.5 Å². The van der Waals surface area contributed by atoms with Gasteiger partial charge in [0, 0.05) is 13.1 Å². The normalized spacial score (nSPS) is 12.4. The first-order chi connectivity index (χ1) is 8.99. The summed E-state index contributed by atoms with van der Waals surface area (Å²) >= 11 is 0. The van der Waals surface area contributed by atoms with Crippen LogP contribution in [0.25, 0.3) is 0 Å². The van der Waals surface area contributed by atoms with Gasteiger partial charge in [-0.25, -0.2) is 0 Å². The van der Waals surface area contributed by atoms with Gasteiger partial charge < -0.3 is 21.9 Å². The molecule has 0 bridgehead atoms. The molecular weight excluding hydrogens is 240 g/mol. The van der Waals surface area contributed by atoms with Gasteiger partial charge in [0.15, 0.2) is 5.96 Å². The second-order valence-corrected chi connectivity index (χ2v) is 4.95. The fourth-order valence-corrected chi connectivity index (χ4v) is 1.68. The minimum atomic E-state index is -0.572. The van der Waals surface area contributed by atoms with E-state index in [0.29, 0.717) is 12.5 Å². The minimum absolute atomic E-state index is 0.00308. The number of aliphatic hydroxyl groups is 1. The van der Waals surface area contributed by atoms with Gasteiger partial charge >= 0.3 is 0 Å². The predicted octanol–water partition coefficient (Wildman–Crippen LogP) is 0.534. The molecule has 6 N–H and O–H groups in total. The summed E-state index contributed by atoms with van der Waals surface area (Å²) in [6, 6.07) is 8.48. The summed E-state index contributed by atoms with van der Waals surface area (Å²) in [4.78, 5) is 3.76. The molecule has 19 heavy (non-hydrogen) atoms. The number of rotatable bonds is 7. The predicted molar refractivity (Wildman–Crippen MR) is 78.9 cm³/mol. The number of hydrogen-bond donors (Lipinski definition) is 4. The number of nitrogens with zero attached hydrogens (tertiary/aromatic N) is 1. The largest absolute Gasteiger partial charge is 0.390 e. The minimum Gasteiger partial charge on any atom is -0.390 e. The Bertz CT molecular complexity index is 396. The highest BCUT2D eigenvalue weighted by molar-refractivity contribution is 5.75. The van der Waals surface area contributed by atoms with Crippen molar-refractivity contribution < 1.29 is 5.11 Å². The Morgan fingerprint density at radius 2 is 1.89 bits per heavy atom. The van der Waals surface area contributed by atoms with E-state index in [1.165, 1.54) is 11.1 Å². The van der Waals surface area contributed by atoms with Crippen LogP contribution >= 0.6 is 0 Å². The van der Waals surface area contributed by atoms with Crippen LogP contribution < -0.4 is 16.8 Å². The highest BCUT2D eigenvalue weighted by Crippen LogP contribution is 2.14. The van der Waals surface area contributed by atoms with E-state index in [2.05, 4.69) is 48.4 Å². The van der Waals surface area contributed by atoms with Crippen molar-refractivity contribution in [2.24, 2.45) is 16.5 Å². The van der Waals surface area contributed by atoms with Crippen molar-refractivity contribution in [3.8, 4) is 0 Å². The average molecular weight is 264 g/mol. The van der Waals surface area contributed by atoms with Crippen LogP contribution in [0.1, 0.15) is 30.9 Å². The lowest BCUT2D eigenvalue weighted by molar-refractivity contribution is 0.180. The van der Waals surface area contributed by atoms with Crippen molar-refractivity contribution in [3.63, 3.8) is 0 Å². The summed E-state index contributed by atoms with van der Waals surface area (Å²) in [5, 5.41) is 12.8. The quantitative estimate of drug-likeness (QED) is 0.427. The number of hydrogen-bond acceptors (Lipinski definition) is 3. The number of aliphatic imine (C=N–C) groups is 1. The third-order valence-corrected chi connectivity index (χ3v) is 2.84. The highest BCUT2D eigenvalue weighted by Gasteiger charge is 2.03. The maximum Gasteiger partial charge on any atom is 0.185 e. The smallest absolute Gasteiger partial charge is 0.185 e. The topological polar surface area (TPSA) is 96.7 Å². The van der Waals surface area contributed by atoms with Crippen LogP contribution in [0.4, 0.5) is 0 Å². The Morgan fingerprint density at radius 1 is 1.26 bits per heavy atom. The lowest BCUT2D eigenvalue weighted by Gasteiger charge is -2.11. The van der Waals surface area contributed by atoms with Gasteiger partial charge in [0.25, 0.3) is 0 Å².